The maximum Gasteiger partial charge on any atom is 0.0897 e. The first-order valence-corrected chi connectivity index (χ1v) is 6.87. The fraction of sp³-hybridized carbons (Fsp3) is 0.727. The van der Waals surface area contributed by atoms with Gasteiger partial charge in [0.2, 0.25) is 0 Å². The predicted octanol–water partition coefficient (Wildman–Crippen LogP) is 2.84. The van der Waals surface area contributed by atoms with Crippen molar-refractivity contribution in [1.82, 2.24) is 9.88 Å². The molecule has 2 nitrogen and oxygen atoms in total. The monoisotopic (exact) mass is 244 g/mol. The van der Waals surface area contributed by atoms with E-state index in [-0.39, 0.29) is 0 Å². The summed E-state index contributed by atoms with van der Waals surface area (Å²) in [4.78, 5) is 6.80. The Morgan fingerprint density at radius 1 is 1.60 bits per heavy atom. The number of hydrogen-bond donors (Lipinski definition) is 1. The van der Waals surface area contributed by atoms with Crippen molar-refractivity contribution in [1.29, 1.82) is 0 Å². The van der Waals surface area contributed by atoms with Crippen LogP contribution in [-0.4, -0.2) is 29.2 Å². The van der Waals surface area contributed by atoms with E-state index in [1.54, 1.807) is 11.3 Å². The third-order valence-corrected chi connectivity index (χ3v) is 3.84. The van der Waals surface area contributed by atoms with Gasteiger partial charge in [-0.25, -0.2) is 4.98 Å². The molecule has 1 rings (SSSR count). The molecule has 86 valence electrons. The smallest absolute Gasteiger partial charge is 0.0897 e. The molecule has 4 heteroatoms. The van der Waals surface area contributed by atoms with Crippen molar-refractivity contribution in [3.63, 3.8) is 0 Å². The lowest BCUT2D eigenvalue weighted by atomic mass is 10.1. The van der Waals surface area contributed by atoms with Crippen LogP contribution in [0.25, 0.3) is 0 Å². The third kappa shape index (κ3) is 4.53. The average molecular weight is 244 g/mol. The number of thiazole rings is 1. The van der Waals surface area contributed by atoms with Crippen LogP contribution in [0, 0.1) is 12.8 Å². The Morgan fingerprint density at radius 2 is 2.33 bits per heavy atom. The van der Waals surface area contributed by atoms with Gasteiger partial charge < -0.3 is 4.90 Å². The second-order valence-electron chi connectivity index (χ2n) is 4.01. The van der Waals surface area contributed by atoms with Crippen molar-refractivity contribution in [2.45, 2.75) is 26.8 Å². The molecule has 0 aliphatic heterocycles. The zero-order valence-electron chi connectivity index (χ0n) is 9.73. The molecule has 1 aromatic rings. The van der Waals surface area contributed by atoms with E-state index in [0.717, 1.165) is 23.8 Å². The van der Waals surface area contributed by atoms with Crippen LogP contribution in [0.3, 0.4) is 0 Å². The number of rotatable bonds is 6. The van der Waals surface area contributed by atoms with Crippen LogP contribution in [0.2, 0.25) is 0 Å². The SMILES string of the molecule is CCC(CS)CN(C)Cc1csc(C)n1. The summed E-state index contributed by atoms with van der Waals surface area (Å²) in [6, 6.07) is 0. The van der Waals surface area contributed by atoms with E-state index < -0.39 is 0 Å². The van der Waals surface area contributed by atoms with E-state index in [4.69, 9.17) is 0 Å². The Morgan fingerprint density at radius 3 is 2.80 bits per heavy atom. The summed E-state index contributed by atoms with van der Waals surface area (Å²) in [5, 5.41) is 3.30. The van der Waals surface area contributed by atoms with E-state index >= 15 is 0 Å². The molecule has 0 aliphatic carbocycles. The van der Waals surface area contributed by atoms with E-state index in [1.165, 1.54) is 12.1 Å². The summed E-state index contributed by atoms with van der Waals surface area (Å²) in [5.74, 6) is 1.66. The Hall–Kier alpha value is -0.0600. The third-order valence-electron chi connectivity index (χ3n) is 2.50. The maximum atomic E-state index is 4.47. The number of hydrogen-bond acceptors (Lipinski definition) is 4. The maximum absolute atomic E-state index is 4.47. The van der Waals surface area contributed by atoms with Crippen LogP contribution in [0.15, 0.2) is 5.38 Å². The Balaban J connectivity index is 2.38. The minimum Gasteiger partial charge on any atom is -0.300 e. The second kappa shape index (κ2) is 6.51. The number of thiol groups is 1. The van der Waals surface area contributed by atoms with Gasteiger partial charge in [-0.1, -0.05) is 13.3 Å². The van der Waals surface area contributed by atoms with Gasteiger partial charge in [0.15, 0.2) is 0 Å². The van der Waals surface area contributed by atoms with Crippen LogP contribution < -0.4 is 0 Å². The van der Waals surface area contributed by atoms with Gasteiger partial charge in [-0.05, 0) is 25.6 Å². The van der Waals surface area contributed by atoms with Crippen molar-refractivity contribution in [2.75, 3.05) is 19.3 Å². The standard InChI is InChI=1S/C11H20N2S2/c1-4-10(7-14)5-13(3)6-11-8-15-9(2)12-11/h8,10,14H,4-7H2,1-3H3. The zero-order valence-corrected chi connectivity index (χ0v) is 11.4. The molecule has 0 saturated heterocycles. The van der Waals surface area contributed by atoms with Crippen molar-refractivity contribution in [3.05, 3.63) is 16.1 Å². The van der Waals surface area contributed by atoms with Gasteiger partial charge in [0.1, 0.15) is 0 Å². The van der Waals surface area contributed by atoms with Gasteiger partial charge >= 0.3 is 0 Å². The molecule has 1 aromatic heterocycles. The molecule has 0 N–H and O–H groups in total. The van der Waals surface area contributed by atoms with Gasteiger partial charge in [-0.3, -0.25) is 0 Å². The topological polar surface area (TPSA) is 16.1 Å². The van der Waals surface area contributed by atoms with Crippen molar-refractivity contribution in [2.24, 2.45) is 5.92 Å². The summed E-state index contributed by atoms with van der Waals surface area (Å²) >= 11 is 6.08. The molecule has 0 aromatic carbocycles. The number of aromatic nitrogens is 1. The first-order valence-electron chi connectivity index (χ1n) is 5.36. The molecule has 1 atom stereocenters. The van der Waals surface area contributed by atoms with E-state index in [1.807, 2.05) is 0 Å². The summed E-state index contributed by atoms with van der Waals surface area (Å²) < 4.78 is 0. The molecule has 0 aliphatic rings. The van der Waals surface area contributed by atoms with Gasteiger partial charge in [-0.15, -0.1) is 11.3 Å². The molecule has 0 bridgehead atoms. The predicted molar refractivity (Wildman–Crippen MR) is 70.8 cm³/mol. The molecular formula is C11H20N2S2. The van der Waals surface area contributed by atoms with Crippen LogP contribution in [0.4, 0.5) is 0 Å². The highest BCUT2D eigenvalue weighted by Crippen LogP contribution is 2.12. The number of nitrogens with zero attached hydrogens (tertiary/aromatic N) is 2. The van der Waals surface area contributed by atoms with Crippen LogP contribution in [0.5, 0.6) is 0 Å². The van der Waals surface area contributed by atoms with Gasteiger partial charge in [0.25, 0.3) is 0 Å². The fourth-order valence-electron chi connectivity index (χ4n) is 1.58. The van der Waals surface area contributed by atoms with Crippen molar-refractivity contribution in [3.8, 4) is 0 Å². The van der Waals surface area contributed by atoms with Crippen molar-refractivity contribution < 1.29 is 0 Å². The summed E-state index contributed by atoms with van der Waals surface area (Å²) in [6.45, 7) is 6.34. The Labute approximate surface area is 102 Å². The van der Waals surface area contributed by atoms with Gasteiger partial charge in [-0.2, -0.15) is 12.6 Å². The summed E-state index contributed by atoms with van der Waals surface area (Å²) in [6.07, 6.45) is 1.20. The lowest BCUT2D eigenvalue weighted by molar-refractivity contribution is 0.275. The molecule has 1 unspecified atom stereocenters. The molecule has 0 saturated carbocycles. The van der Waals surface area contributed by atoms with Crippen LogP contribution in [-0.2, 0) is 6.54 Å². The normalized spacial score (nSPS) is 13.4. The lowest BCUT2D eigenvalue weighted by Gasteiger charge is -2.20. The quantitative estimate of drug-likeness (QED) is 0.775. The summed E-state index contributed by atoms with van der Waals surface area (Å²) in [5.41, 5.74) is 1.19. The van der Waals surface area contributed by atoms with Crippen molar-refractivity contribution >= 4 is 24.0 Å². The first kappa shape index (κ1) is 13.0. The highest BCUT2D eigenvalue weighted by Gasteiger charge is 2.09. The van der Waals surface area contributed by atoms with Crippen LogP contribution >= 0.6 is 24.0 Å². The minimum absolute atomic E-state index is 0.693. The highest BCUT2D eigenvalue weighted by atomic mass is 32.1. The molecule has 0 radical (unpaired) electrons. The van der Waals surface area contributed by atoms with Crippen LogP contribution in [0.1, 0.15) is 24.0 Å². The fourth-order valence-corrected chi connectivity index (χ4v) is 2.56. The molecule has 15 heavy (non-hydrogen) atoms. The number of aryl methyl sites for hydroxylation is 1. The lowest BCUT2D eigenvalue weighted by Crippen LogP contribution is -2.26. The second-order valence-corrected chi connectivity index (χ2v) is 5.44. The van der Waals surface area contributed by atoms with Gasteiger partial charge in [0, 0.05) is 18.5 Å². The van der Waals surface area contributed by atoms with Gasteiger partial charge in [0.05, 0.1) is 10.7 Å². The van der Waals surface area contributed by atoms with E-state index in [9.17, 15) is 0 Å². The van der Waals surface area contributed by atoms with E-state index in [2.05, 4.69) is 48.8 Å². The molecule has 0 spiro atoms. The zero-order chi connectivity index (χ0) is 11.3. The molecular weight excluding hydrogens is 224 g/mol. The molecule has 1 heterocycles. The minimum atomic E-state index is 0.693. The average Bonchev–Trinajstić information content (AvgIpc) is 2.60. The molecule has 0 amide bonds. The highest BCUT2D eigenvalue weighted by molar-refractivity contribution is 7.80. The Bertz CT molecular complexity index is 282. The molecule has 0 fully saturated rings. The first-order chi connectivity index (χ1) is 7.15. The van der Waals surface area contributed by atoms with E-state index in [0.29, 0.717) is 5.92 Å². The largest absolute Gasteiger partial charge is 0.300 e. The summed E-state index contributed by atoms with van der Waals surface area (Å²) in [7, 11) is 2.15. The Kier molecular flexibility index (Phi) is 5.64.